The Balaban J connectivity index is 1.35. The number of piperazine rings is 1. The van der Waals surface area contributed by atoms with Gasteiger partial charge in [0.1, 0.15) is 12.4 Å². The summed E-state index contributed by atoms with van der Waals surface area (Å²) in [5.74, 6) is 0.722. The van der Waals surface area contributed by atoms with Crippen LogP contribution in [0.25, 0.3) is 0 Å². The molecule has 1 aromatic heterocycles. The van der Waals surface area contributed by atoms with Gasteiger partial charge in [-0.25, -0.2) is 14.8 Å². The van der Waals surface area contributed by atoms with Crippen LogP contribution in [0.5, 0.6) is 5.75 Å². The minimum Gasteiger partial charge on any atom is -0.491 e. The molecule has 214 valence electrons. The van der Waals surface area contributed by atoms with Crippen molar-refractivity contribution >= 4 is 34.9 Å². The first kappa shape index (κ1) is 29.1. The van der Waals surface area contributed by atoms with Gasteiger partial charge in [0, 0.05) is 62.7 Å². The average molecular weight is 562 g/mol. The molecule has 0 spiro atoms. The summed E-state index contributed by atoms with van der Waals surface area (Å²) in [6, 6.07) is 6.77. The summed E-state index contributed by atoms with van der Waals surface area (Å²) < 4.78 is 15.8. The highest BCUT2D eigenvalue weighted by molar-refractivity contribution is 6.32. The number of hydrogen-bond donors (Lipinski definition) is 2. The molecule has 1 aromatic carbocycles. The lowest BCUT2D eigenvalue weighted by molar-refractivity contribution is 0.0593. The summed E-state index contributed by atoms with van der Waals surface area (Å²) in [6.45, 7) is 8.55. The number of esters is 1. The third-order valence-corrected chi connectivity index (χ3v) is 7.85. The van der Waals surface area contributed by atoms with Crippen LogP contribution in [0.1, 0.15) is 42.2 Å². The van der Waals surface area contributed by atoms with Crippen LogP contribution in [-0.4, -0.2) is 98.0 Å². The molecule has 2 aliphatic heterocycles. The zero-order valence-corrected chi connectivity index (χ0v) is 23.8. The Morgan fingerprint density at radius 3 is 2.56 bits per heavy atom. The van der Waals surface area contributed by atoms with Crippen LogP contribution in [0.15, 0.2) is 18.2 Å². The molecular weight excluding hydrogens is 522 g/mol. The van der Waals surface area contributed by atoms with Gasteiger partial charge in [0.05, 0.1) is 13.7 Å². The minimum atomic E-state index is -0.651. The Morgan fingerprint density at radius 1 is 1.10 bits per heavy atom. The Kier molecular flexibility index (Phi) is 10.1. The van der Waals surface area contributed by atoms with Crippen LogP contribution in [0, 0.1) is 0 Å². The van der Waals surface area contributed by atoms with E-state index in [1.807, 2.05) is 12.1 Å². The quantitative estimate of drug-likeness (QED) is 0.252. The second-order valence-corrected chi connectivity index (χ2v) is 10.4. The van der Waals surface area contributed by atoms with Gasteiger partial charge in [-0.3, -0.25) is 9.80 Å². The van der Waals surface area contributed by atoms with E-state index in [-0.39, 0.29) is 16.7 Å². The summed E-state index contributed by atoms with van der Waals surface area (Å²) in [7, 11) is 2.94. The zero-order chi connectivity index (χ0) is 27.9. The van der Waals surface area contributed by atoms with E-state index in [1.165, 1.54) is 7.11 Å². The number of halogens is 1. The molecule has 2 aliphatic rings. The highest BCUT2D eigenvalue weighted by atomic mass is 35.5. The number of benzene rings is 1. The number of piperidine rings is 1. The predicted octanol–water partition coefficient (Wildman–Crippen LogP) is 2.67. The molecule has 12 heteroatoms. The van der Waals surface area contributed by atoms with Gasteiger partial charge in [-0.2, -0.15) is 0 Å². The third kappa shape index (κ3) is 7.02. The molecule has 11 nitrogen and oxygen atoms in total. The average Bonchev–Trinajstić information content (AvgIpc) is 2.95. The summed E-state index contributed by atoms with van der Waals surface area (Å²) in [5.41, 5.74) is 13.8. The van der Waals surface area contributed by atoms with Crippen molar-refractivity contribution in [3.63, 3.8) is 0 Å². The van der Waals surface area contributed by atoms with Crippen LogP contribution >= 0.6 is 11.6 Å². The second-order valence-electron chi connectivity index (χ2n) is 10.0. The van der Waals surface area contributed by atoms with Crippen molar-refractivity contribution in [2.45, 2.75) is 44.8 Å². The monoisotopic (exact) mass is 561 g/mol. The van der Waals surface area contributed by atoms with E-state index >= 15 is 0 Å². The van der Waals surface area contributed by atoms with E-state index in [4.69, 9.17) is 37.3 Å². The van der Waals surface area contributed by atoms with Crippen molar-refractivity contribution < 1.29 is 19.0 Å². The molecule has 0 amide bonds. The van der Waals surface area contributed by atoms with Gasteiger partial charge in [0.15, 0.2) is 22.5 Å². The third-order valence-electron chi connectivity index (χ3n) is 7.60. The number of nitrogens with two attached hydrogens (primary N) is 2. The molecule has 39 heavy (non-hydrogen) atoms. The van der Waals surface area contributed by atoms with Crippen molar-refractivity contribution in [3.05, 3.63) is 34.6 Å². The number of carbonyl (C=O) groups excluding carboxylic acids is 1. The molecule has 4 rings (SSSR count). The van der Waals surface area contributed by atoms with Crippen molar-refractivity contribution in [3.8, 4) is 5.75 Å². The Morgan fingerprint density at radius 2 is 1.87 bits per heavy atom. The maximum absolute atomic E-state index is 11.9. The van der Waals surface area contributed by atoms with Gasteiger partial charge in [-0.15, -0.1) is 0 Å². The van der Waals surface area contributed by atoms with E-state index in [2.05, 4.69) is 37.7 Å². The van der Waals surface area contributed by atoms with Crippen LogP contribution in [0.4, 0.5) is 17.3 Å². The largest absolute Gasteiger partial charge is 0.491 e. The lowest BCUT2D eigenvalue weighted by atomic mass is 9.97. The van der Waals surface area contributed by atoms with Crippen LogP contribution in [0.3, 0.4) is 0 Å². The maximum atomic E-state index is 11.9. The second kappa shape index (κ2) is 13.5. The smallest absolute Gasteiger partial charge is 0.360 e. The molecule has 0 unspecified atom stereocenters. The van der Waals surface area contributed by atoms with Gasteiger partial charge in [-0.05, 0) is 38.4 Å². The van der Waals surface area contributed by atoms with Crippen LogP contribution < -0.4 is 21.1 Å². The molecule has 2 saturated heterocycles. The van der Waals surface area contributed by atoms with Crippen LogP contribution in [0.2, 0.25) is 5.15 Å². The Bertz CT molecular complexity index is 1130. The van der Waals surface area contributed by atoms with Gasteiger partial charge < -0.3 is 30.6 Å². The van der Waals surface area contributed by atoms with Gasteiger partial charge in [0.2, 0.25) is 0 Å². The molecule has 2 fully saturated rings. The lowest BCUT2D eigenvalue weighted by Gasteiger charge is -2.47. The number of carbonyl (C=O) groups is 1. The molecule has 0 aliphatic carbocycles. The highest BCUT2D eigenvalue weighted by Crippen LogP contribution is 2.31. The number of nitrogens with zero attached hydrogens (tertiary/aromatic N) is 5. The molecule has 0 saturated carbocycles. The number of hydrogen-bond acceptors (Lipinski definition) is 11. The first-order valence-electron chi connectivity index (χ1n) is 13.5. The number of ether oxygens (including phenoxy) is 3. The minimum absolute atomic E-state index is 0.0254. The predicted molar refractivity (Wildman–Crippen MR) is 152 cm³/mol. The summed E-state index contributed by atoms with van der Waals surface area (Å²) in [5, 5.41) is 0.162. The number of aromatic nitrogens is 2. The standard InChI is InChI=1S/C27H40ClN7O4/c1-4-20-17-34(26-24(28)31-23(25(30)32-26)27(36)38-3)11-12-35(20)21-7-9-33(10-8-21)16-18-5-6-19(29)15-22(18)39-14-13-37-2/h5-6,15,20-21H,4,7-14,16-17,29H2,1-3H3,(H2,30,32)/t20-/m0/s1. The van der Waals surface area contributed by atoms with E-state index in [0.29, 0.717) is 36.8 Å². The van der Waals surface area contributed by atoms with E-state index in [9.17, 15) is 4.79 Å². The van der Waals surface area contributed by atoms with Gasteiger partial charge >= 0.3 is 5.97 Å². The van der Waals surface area contributed by atoms with E-state index in [1.54, 1.807) is 7.11 Å². The fourth-order valence-electron chi connectivity index (χ4n) is 5.49. The molecule has 3 heterocycles. The molecule has 1 atom stereocenters. The van der Waals surface area contributed by atoms with E-state index < -0.39 is 5.97 Å². The summed E-state index contributed by atoms with van der Waals surface area (Å²) in [4.78, 5) is 27.7. The number of nitrogen functional groups attached to an aromatic ring is 2. The fourth-order valence-corrected chi connectivity index (χ4v) is 5.74. The Hall–Kier alpha value is -2.86. The van der Waals surface area contributed by atoms with Gasteiger partial charge in [-0.1, -0.05) is 24.6 Å². The number of methoxy groups -OCH3 is 2. The Labute approximate surface area is 235 Å². The maximum Gasteiger partial charge on any atom is 0.360 e. The SMILES string of the molecule is CC[C@H]1CN(c2nc(N)c(C(=O)OC)nc2Cl)CCN1C1CCN(Cc2ccc(N)cc2OCCOC)CC1. The molecular formula is C27H40ClN7O4. The van der Waals surface area contributed by atoms with Gasteiger partial charge in [0.25, 0.3) is 0 Å². The fraction of sp³-hybridized carbons (Fsp3) is 0.593. The zero-order valence-electron chi connectivity index (χ0n) is 23.1. The van der Waals surface area contributed by atoms with Crippen LogP contribution in [-0.2, 0) is 16.0 Å². The lowest BCUT2D eigenvalue weighted by Crippen LogP contribution is -2.58. The first-order chi connectivity index (χ1) is 18.8. The molecule has 0 bridgehead atoms. The van der Waals surface area contributed by atoms with Crippen molar-refractivity contribution in [2.75, 3.05) is 76.5 Å². The first-order valence-corrected chi connectivity index (χ1v) is 13.9. The molecule has 4 N–H and O–H groups in total. The summed E-state index contributed by atoms with van der Waals surface area (Å²) in [6.07, 6.45) is 3.21. The van der Waals surface area contributed by atoms with E-state index in [0.717, 1.165) is 69.8 Å². The highest BCUT2D eigenvalue weighted by Gasteiger charge is 2.34. The topological polar surface area (TPSA) is 132 Å². The summed E-state index contributed by atoms with van der Waals surface area (Å²) >= 11 is 6.43. The number of rotatable bonds is 10. The van der Waals surface area contributed by atoms with Crippen molar-refractivity contribution in [2.24, 2.45) is 0 Å². The molecule has 0 radical (unpaired) electrons. The molecule has 2 aromatic rings. The van der Waals surface area contributed by atoms with Crippen molar-refractivity contribution in [1.29, 1.82) is 0 Å². The number of anilines is 3. The normalized spacial score (nSPS) is 19.3. The van der Waals surface area contributed by atoms with Crippen molar-refractivity contribution in [1.82, 2.24) is 19.8 Å². The number of likely N-dealkylation sites (tertiary alicyclic amines) is 1.